The number of thiazole rings is 1. The molecule has 1 N–H and O–H groups in total. The first-order valence-electron chi connectivity index (χ1n) is 5.76. The fourth-order valence-electron chi connectivity index (χ4n) is 1.70. The topological polar surface area (TPSA) is 42.7 Å². The van der Waals surface area contributed by atoms with Crippen LogP contribution in [0.1, 0.15) is 30.2 Å². The van der Waals surface area contributed by atoms with Crippen molar-refractivity contribution in [1.29, 1.82) is 0 Å². The Morgan fingerprint density at radius 3 is 2.71 bits per heavy atom. The Balaban J connectivity index is 2.19. The first kappa shape index (κ1) is 12.1. The molecule has 0 aliphatic rings. The third-order valence-electron chi connectivity index (χ3n) is 2.31. The predicted molar refractivity (Wildman–Crippen MR) is 71.7 cm³/mol. The Hall–Kier alpha value is -1.36. The van der Waals surface area contributed by atoms with Gasteiger partial charge in [0.05, 0.1) is 22.9 Å². The largest absolute Gasteiger partial charge is 0.353 e. The summed E-state index contributed by atoms with van der Waals surface area (Å²) >= 11 is 1.68. The fourth-order valence-corrected chi connectivity index (χ4v) is 2.30. The fraction of sp³-hybridized carbons (Fsp3) is 0.500. The van der Waals surface area contributed by atoms with Crippen LogP contribution in [0.5, 0.6) is 0 Å². The summed E-state index contributed by atoms with van der Waals surface area (Å²) in [5.74, 6) is 0.920. The van der Waals surface area contributed by atoms with E-state index < -0.39 is 0 Å². The van der Waals surface area contributed by atoms with Crippen LogP contribution in [0.15, 0.2) is 11.6 Å². The maximum absolute atomic E-state index is 4.48. The van der Waals surface area contributed by atoms with Crippen molar-refractivity contribution in [1.82, 2.24) is 14.5 Å². The molecule has 0 fully saturated rings. The van der Waals surface area contributed by atoms with Crippen molar-refractivity contribution >= 4 is 17.3 Å². The predicted octanol–water partition coefficient (Wildman–Crippen LogP) is 2.83. The highest BCUT2D eigenvalue weighted by molar-refractivity contribution is 7.09. The molecule has 4 nitrogen and oxygen atoms in total. The highest BCUT2D eigenvalue weighted by atomic mass is 32.1. The van der Waals surface area contributed by atoms with Crippen molar-refractivity contribution in [3.05, 3.63) is 28.0 Å². The van der Waals surface area contributed by atoms with E-state index in [0.717, 1.165) is 28.9 Å². The van der Waals surface area contributed by atoms with Gasteiger partial charge >= 0.3 is 0 Å². The third-order valence-corrected chi connectivity index (χ3v) is 3.14. The summed E-state index contributed by atoms with van der Waals surface area (Å²) in [6.45, 7) is 9.04. The number of hydrogen-bond donors (Lipinski definition) is 1. The number of aromatic nitrogens is 3. The summed E-state index contributed by atoms with van der Waals surface area (Å²) in [7, 11) is 0. The van der Waals surface area contributed by atoms with Gasteiger partial charge in [0.15, 0.2) is 0 Å². The standard InChI is InChI=1S/C12H18N4S/c1-8(2)13-12-14-9(3)5-16(12)6-11-7-17-10(4)15-11/h5,7-8H,6H2,1-4H3,(H,13,14). The van der Waals surface area contributed by atoms with Gasteiger partial charge in [-0.15, -0.1) is 11.3 Å². The number of aryl methyl sites for hydroxylation is 2. The number of hydrogen-bond acceptors (Lipinski definition) is 4. The lowest BCUT2D eigenvalue weighted by Gasteiger charge is -2.11. The molecule has 0 radical (unpaired) electrons. The van der Waals surface area contributed by atoms with E-state index in [4.69, 9.17) is 0 Å². The first-order valence-corrected chi connectivity index (χ1v) is 6.64. The SMILES string of the molecule is Cc1cn(Cc2csc(C)n2)c(NC(C)C)n1. The van der Waals surface area contributed by atoms with Crippen LogP contribution in [0.4, 0.5) is 5.95 Å². The Kier molecular flexibility index (Phi) is 3.47. The summed E-state index contributed by atoms with van der Waals surface area (Å²) in [6, 6.07) is 0.382. The third kappa shape index (κ3) is 3.06. The lowest BCUT2D eigenvalue weighted by Crippen LogP contribution is -2.15. The molecule has 0 aromatic carbocycles. The van der Waals surface area contributed by atoms with Crippen LogP contribution in [0.3, 0.4) is 0 Å². The molecule has 0 amide bonds. The van der Waals surface area contributed by atoms with E-state index in [0.29, 0.717) is 6.04 Å². The minimum Gasteiger partial charge on any atom is -0.353 e. The second-order valence-corrected chi connectivity index (χ2v) is 5.55. The second kappa shape index (κ2) is 4.87. The van der Waals surface area contributed by atoms with Crippen molar-refractivity contribution in [2.24, 2.45) is 0 Å². The van der Waals surface area contributed by atoms with Gasteiger partial charge in [-0.25, -0.2) is 9.97 Å². The van der Waals surface area contributed by atoms with Crippen molar-refractivity contribution in [2.45, 2.75) is 40.3 Å². The molecule has 2 aromatic heterocycles. The highest BCUT2D eigenvalue weighted by Gasteiger charge is 2.08. The summed E-state index contributed by atoms with van der Waals surface area (Å²) in [5.41, 5.74) is 2.12. The zero-order valence-corrected chi connectivity index (χ0v) is 11.5. The number of anilines is 1. The molecule has 92 valence electrons. The smallest absolute Gasteiger partial charge is 0.203 e. The van der Waals surface area contributed by atoms with Crippen LogP contribution >= 0.6 is 11.3 Å². The van der Waals surface area contributed by atoms with E-state index in [9.17, 15) is 0 Å². The Bertz CT molecular complexity index is 498. The van der Waals surface area contributed by atoms with Crippen molar-refractivity contribution in [3.63, 3.8) is 0 Å². The molecule has 0 aliphatic heterocycles. The number of rotatable bonds is 4. The molecular weight excluding hydrogens is 232 g/mol. The van der Waals surface area contributed by atoms with Crippen molar-refractivity contribution < 1.29 is 0 Å². The summed E-state index contributed by atoms with van der Waals surface area (Å²) in [5, 5.41) is 6.56. The Labute approximate surface area is 106 Å². The maximum atomic E-state index is 4.48. The second-order valence-electron chi connectivity index (χ2n) is 4.49. The van der Waals surface area contributed by atoms with E-state index in [1.54, 1.807) is 11.3 Å². The molecule has 0 aliphatic carbocycles. The normalized spacial score (nSPS) is 11.1. The van der Waals surface area contributed by atoms with Gasteiger partial charge < -0.3 is 9.88 Å². The van der Waals surface area contributed by atoms with E-state index in [1.165, 1.54) is 0 Å². The van der Waals surface area contributed by atoms with Crippen LogP contribution in [0.25, 0.3) is 0 Å². The molecule has 0 spiro atoms. The summed E-state index contributed by atoms with van der Waals surface area (Å²) in [6.07, 6.45) is 2.05. The average molecular weight is 250 g/mol. The van der Waals surface area contributed by atoms with Crippen LogP contribution in [0, 0.1) is 13.8 Å². The molecular formula is C12H18N4S. The quantitative estimate of drug-likeness (QED) is 0.907. The van der Waals surface area contributed by atoms with Crippen molar-refractivity contribution in [3.8, 4) is 0 Å². The molecule has 2 heterocycles. The van der Waals surface area contributed by atoms with E-state index in [-0.39, 0.29) is 0 Å². The summed E-state index contributed by atoms with van der Waals surface area (Å²) in [4.78, 5) is 8.96. The van der Waals surface area contributed by atoms with Crippen LogP contribution < -0.4 is 5.32 Å². The first-order chi connectivity index (χ1) is 8.04. The van der Waals surface area contributed by atoms with Gasteiger partial charge in [-0.3, -0.25) is 0 Å². The minimum absolute atomic E-state index is 0.382. The molecule has 0 unspecified atom stereocenters. The molecule has 0 saturated heterocycles. The average Bonchev–Trinajstić information content (AvgIpc) is 2.74. The van der Waals surface area contributed by atoms with Crippen LogP contribution in [0.2, 0.25) is 0 Å². The number of imidazole rings is 1. The molecule has 0 atom stereocenters. The Morgan fingerprint density at radius 1 is 1.35 bits per heavy atom. The lowest BCUT2D eigenvalue weighted by atomic mass is 10.4. The van der Waals surface area contributed by atoms with Crippen LogP contribution in [-0.2, 0) is 6.54 Å². The molecule has 5 heteroatoms. The van der Waals surface area contributed by atoms with Gasteiger partial charge in [0.2, 0.25) is 5.95 Å². The van der Waals surface area contributed by atoms with E-state index >= 15 is 0 Å². The van der Waals surface area contributed by atoms with Crippen molar-refractivity contribution in [2.75, 3.05) is 5.32 Å². The number of nitrogens with zero attached hydrogens (tertiary/aromatic N) is 3. The molecule has 0 saturated carbocycles. The van der Waals surface area contributed by atoms with Gasteiger partial charge in [0.1, 0.15) is 0 Å². The van der Waals surface area contributed by atoms with Gasteiger partial charge in [-0.05, 0) is 27.7 Å². The van der Waals surface area contributed by atoms with Crippen LogP contribution in [-0.4, -0.2) is 20.6 Å². The minimum atomic E-state index is 0.382. The van der Waals surface area contributed by atoms with Gasteiger partial charge in [0.25, 0.3) is 0 Å². The highest BCUT2D eigenvalue weighted by Crippen LogP contribution is 2.14. The van der Waals surface area contributed by atoms with Gasteiger partial charge in [-0.1, -0.05) is 0 Å². The van der Waals surface area contributed by atoms with Gasteiger partial charge in [-0.2, -0.15) is 0 Å². The molecule has 0 bridgehead atoms. The van der Waals surface area contributed by atoms with E-state index in [2.05, 4.69) is 45.3 Å². The molecule has 17 heavy (non-hydrogen) atoms. The lowest BCUT2D eigenvalue weighted by molar-refractivity contribution is 0.759. The maximum Gasteiger partial charge on any atom is 0.203 e. The summed E-state index contributed by atoms with van der Waals surface area (Å²) < 4.78 is 2.11. The zero-order chi connectivity index (χ0) is 12.4. The van der Waals surface area contributed by atoms with E-state index in [1.807, 2.05) is 13.8 Å². The Morgan fingerprint density at radius 2 is 2.12 bits per heavy atom. The monoisotopic (exact) mass is 250 g/mol. The molecule has 2 rings (SSSR count). The number of nitrogens with one attached hydrogen (secondary N) is 1. The van der Waals surface area contributed by atoms with Gasteiger partial charge in [0, 0.05) is 17.6 Å². The molecule has 2 aromatic rings. The zero-order valence-electron chi connectivity index (χ0n) is 10.7.